The van der Waals surface area contributed by atoms with Gasteiger partial charge in [-0.2, -0.15) is 0 Å². The van der Waals surface area contributed by atoms with E-state index in [1.807, 2.05) is 25.2 Å². The molecule has 1 N–H and O–H groups in total. The Balaban J connectivity index is 2.21. The average molecular weight is 308 g/mol. The molecule has 0 heterocycles. The van der Waals surface area contributed by atoms with Crippen molar-refractivity contribution in [3.63, 3.8) is 0 Å². The maximum atomic E-state index is 6.25. The highest BCUT2D eigenvalue weighted by molar-refractivity contribution is 6.33. The third kappa shape index (κ3) is 3.76. The van der Waals surface area contributed by atoms with Gasteiger partial charge in [0.15, 0.2) is 0 Å². The Hall–Kier alpha value is -1.02. The summed E-state index contributed by atoms with van der Waals surface area (Å²) < 4.78 is 0. The normalized spacial score (nSPS) is 12.4. The van der Waals surface area contributed by atoms with Gasteiger partial charge < -0.3 is 5.32 Å². The van der Waals surface area contributed by atoms with E-state index in [1.165, 1.54) is 11.1 Å². The summed E-state index contributed by atoms with van der Waals surface area (Å²) in [6.45, 7) is 2.16. The minimum Gasteiger partial charge on any atom is -0.313 e. The molecule has 2 aromatic carbocycles. The number of likely N-dealkylation sites (N-methyl/N-ethyl adjacent to an activating group) is 1. The standard InChI is InChI=1S/C17H19Cl2N/c1-3-12-4-6-13(7-5-12)17(20-2)11-14-10-15(18)8-9-16(14)19/h4-10,17,20H,3,11H2,1-2H3. The maximum Gasteiger partial charge on any atom is 0.0439 e. The van der Waals surface area contributed by atoms with E-state index in [0.717, 1.165) is 28.5 Å². The van der Waals surface area contributed by atoms with Crippen LogP contribution in [0.15, 0.2) is 42.5 Å². The summed E-state index contributed by atoms with van der Waals surface area (Å²) in [5.41, 5.74) is 3.68. The van der Waals surface area contributed by atoms with Gasteiger partial charge in [-0.05, 0) is 54.8 Å². The zero-order valence-corrected chi connectivity index (χ0v) is 13.3. The zero-order valence-electron chi connectivity index (χ0n) is 11.8. The van der Waals surface area contributed by atoms with Gasteiger partial charge >= 0.3 is 0 Å². The molecule has 0 radical (unpaired) electrons. The molecule has 0 fully saturated rings. The minimum absolute atomic E-state index is 0.233. The molecule has 0 saturated heterocycles. The lowest BCUT2D eigenvalue weighted by Gasteiger charge is -2.18. The van der Waals surface area contributed by atoms with Crippen LogP contribution in [0.2, 0.25) is 10.0 Å². The fourth-order valence-corrected chi connectivity index (χ4v) is 2.68. The highest BCUT2D eigenvalue weighted by Gasteiger charge is 2.12. The quantitative estimate of drug-likeness (QED) is 0.814. The fourth-order valence-electron chi connectivity index (χ4n) is 2.29. The fraction of sp³-hybridized carbons (Fsp3) is 0.294. The molecule has 2 aromatic rings. The Morgan fingerprint density at radius 2 is 1.75 bits per heavy atom. The number of benzene rings is 2. The predicted octanol–water partition coefficient (Wildman–Crippen LogP) is 5.06. The van der Waals surface area contributed by atoms with Crippen LogP contribution < -0.4 is 5.32 Å². The summed E-state index contributed by atoms with van der Waals surface area (Å²) in [6.07, 6.45) is 1.88. The Labute approximate surface area is 130 Å². The van der Waals surface area contributed by atoms with Crippen LogP contribution in [-0.4, -0.2) is 7.05 Å². The lowest BCUT2D eigenvalue weighted by atomic mass is 9.97. The number of hydrogen-bond donors (Lipinski definition) is 1. The van der Waals surface area contributed by atoms with Gasteiger partial charge in [-0.3, -0.25) is 0 Å². The Morgan fingerprint density at radius 1 is 1.05 bits per heavy atom. The van der Waals surface area contributed by atoms with Crippen LogP contribution in [0.3, 0.4) is 0 Å². The van der Waals surface area contributed by atoms with E-state index >= 15 is 0 Å². The topological polar surface area (TPSA) is 12.0 Å². The van der Waals surface area contributed by atoms with Gasteiger partial charge in [0.1, 0.15) is 0 Å². The molecule has 106 valence electrons. The molecule has 1 unspecified atom stereocenters. The molecule has 0 bridgehead atoms. The van der Waals surface area contributed by atoms with Crippen molar-refractivity contribution in [1.82, 2.24) is 5.32 Å². The molecular formula is C17H19Cl2N. The second kappa shape index (κ2) is 7.12. The summed E-state index contributed by atoms with van der Waals surface area (Å²) in [5, 5.41) is 4.84. The van der Waals surface area contributed by atoms with Gasteiger partial charge in [-0.1, -0.05) is 54.4 Å². The number of rotatable bonds is 5. The van der Waals surface area contributed by atoms with Crippen molar-refractivity contribution < 1.29 is 0 Å². The molecule has 3 heteroatoms. The Bertz CT molecular complexity index is 564. The van der Waals surface area contributed by atoms with E-state index in [4.69, 9.17) is 23.2 Å². The molecule has 0 aromatic heterocycles. The van der Waals surface area contributed by atoms with Gasteiger partial charge in [-0.15, -0.1) is 0 Å². The van der Waals surface area contributed by atoms with E-state index in [1.54, 1.807) is 0 Å². The van der Waals surface area contributed by atoms with Gasteiger partial charge in [0.05, 0.1) is 0 Å². The molecule has 20 heavy (non-hydrogen) atoms. The summed E-state index contributed by atoms with van der Waals surface area (Å²) >= 11 is 12.3. The van der Waals surface area contributed by atoms with Crippen LogP contribution in [0.1, 0.15) is 29.7 Å². The maximum absolute atomic E-state index is 6.25. The second-order valence-electron chi connectivity index (χ2n) is 4.88. The number of hydrogen-bond acceptors (Lipinski definition) is 1. The van der Waals surface area contributed by atoms with Gasteiger partial charge in [0.25, 0.3) is 0 Å². The van der Waals surface area contributed by atoms with E-state index in [-0.39, 0.29) is 6.04 Å². The van der Waals surface area contributed by atoms with Gasteiger partial charge in [0, 0.05) is 16.1 Å². The monoisotopic (exact) mass is 307 g/mol. The number of halogens is 2. The molecule has 0 spiro atoms. The van der Waals surface area contributed by atoms with Crippen molar-refractivity contribution in [1.29, 1.82) is 0 Å². The van der Waals surface area contributed by atoms with Crippen molar-refractivity contribution >= 4 is 23.2 Å². The van der Waals surface area contributed by atoms with Crippen molar-refractivity contribution in [3.8, 4) is 0 Å². The molecule has 2 rings (SSSR count). The highest BCUT2D eigenvalue weighted by Crippen LogP contribution is 2.26. The lowest BCUT2D eigenvalue weighted by molar-refractivity contribution is 0.592. The molecular weight excluding hydrogens is 289 g/mol. The SMILES string of the molecule is CCc1ccc(C(Cc2cc(Cl)ccc2Cl)NC)cc1. The van der Waals surface area contributed by atoms with Crippen LogP contribution >= 0.6 is 23.2 Å². The van der Waals surface area contributed by atoms with Crippen molar-refractivity contribution in [2.45, 2.75) is 25.8 Å². The summed E-state index contributed by atoms with van der Waals surface area (Å²) in [5.74, 6) is 0. The lowest BCUT2D eigenvalue weighted by Crippen LogP contribution is -2.19. The second-order valence-corrected chi connectivity index (χ2v) is 5.72. The minimum atomic E-state index is 0.233. The van der Waals surface area contributed by atoms with E-state index in [2.05, 4.69) is 36.5 Å². The zero-order chi connectivity index (χ0) is 14.5. The first kappa shape index (κ1) is 15.4. The summed E-state index contributed by atoms with van der Waals surface area (Å²) in [4.78, 5) is 0. The Morgan fingerprint density at radius 3 is 2.35 bits per heavy atom. The third-order valence-electron chi connectivity index (χ3n) is 3.57. The van der Waals surface area contributed by atoms with E-state index in [9.17, 15) is 0 Å². The molecule has 0 aliphatic heterocycles. The molecule has 1 atom stereocenters. The third-order valence-corrected chi connectivity index (χ3v) is 4.17. The predicted molar refractivity (Wildman–Crippen MR) is 87.8 cm³/mol. The van der Waals surface area contributed by atoms with E-state index < -0.39 is 0 Å². The summed E-state index contributed by atoms with van der Waals surface area (Å²) in [6, 6.07) is 14.6. The van der Waals surface area contributed by atoms with E-state index in [0.29, 0.717) is 0 Å². The smallest absolute Gasteiger partial charge is 0.0439 e. The average Bonchev–Trinajstić information content (AvgIpc) is 2.48. The highest BCUT2D eigenvalue weighted by atomic mass is 35.5. The first-order chi connectivity index (χ1) is 9.63. The molecule has 1 nitrogen and oxygen atoms in total. The number of nitrogens with one attached hydrogen (secondary N) is 1. The molecule has 0 saturated carbocycles. The van der Waals surface area contributed by atoms with Crippen LogP contribution in [0.25, 0.3) is 0 Å². The first-order valence-corrected chi connectivity index (χ1v) is 7.59. The van der Waals surface area contributed by atoms with Crippen molar-refractivity contribution in [3.05, 3.63) is 69.2 Å². The number of aryl methyl sites for hydroxylation is 1. The van der Waals surface area contributed by atoms with Crippen LogP contribution in [0.4, 0.5) is 0 Å². The van der Waals surface area contributed by atoms with Gasteiger partial charge in [0.2, 0.25) is 0 Å². The van der Waals surface area contributed by atoms with Crippen LogP contribution in [0, 0.1) is 0 Å². The van der Waals surface area contributed by atoms with Crippen molar-refractivity contribution in [2.24, 2.45) is 0 Å². The van der Waals surface area contributed by atoms with Crippen LogP contribution in [0.5, 0.6) is 0 Å². The largest absolute Gasteiger partial charge is 0.313 e. The first-order valence-electron chi connectivity index (χ1n) is 6.84. The Kier molecular flexibility index (Phi) is 5.47. The van der Waals surface area contributed by atoms with Gasteiger partial charge in [-0.25, -0.2) is 0 Å². The van der Waals surface area contributed by atoms with Crippen molar-refractivity contribution in [2.75, 3.05) is 7.05 Å². The molecule has 0 aliphatic carbocycles. The van der Waals surface area contributed by atoms with Crippen LogP contribution in [-0.2, 0) is 12.8 Å². The molecule has 0 amide bonds. The summed E-state index contributed by atoms with van der Waals surface area (Å²) in [7, 11) is 1.97. The molecule has 0 aliphatic rings.